The van der Waals surface area contributed by atoms with E-state index in [0.29, 0.717) is 0 Å². The zero-order valence-corrected chi connectivity index (χ0v) is 8.96. The third kappa shape index (κ3) is 2.98. The van der Waals surface area contributed by atoms with Gasteiger partial charge in [0.15, 0.2) is 0 Å². The Balaban J connectivity index is 0.000000180. The summed E-state index contributed by atoms with van der Waals surface area (Å²) in [7, 11) is 0. The van der Waals surface area contributed by atoms with Crippen LogP contribution in [0.25, 0.3) is 0 Å². The second-order valence-electron chi connectivity index (χ2n) is 2.93. The van der Waals surface area contributed by atoms with Crippen LogP contribution in [-0.2, 0) is 0 Å². The minimum Gasteiger partial charge on any atom is -0.422 e. The molecule has 96 valence electrons. The molecule has 0 amide bonds. The van der Waals surface area contributed by atoms with Gasteiger partial charge in [-0.1, -0.05) is 0 Å². The Bertz CT molecular complexity index is 591. The number of rotatable bonds is 0. The summed E-state index contributed by atoms with van der Waals surface area (Å²) in [5, 5.41) is 17.2. The lowest BCUT2D eigenvalue weighted by Gasteiger charge is -1.95. The maximum absolute atomic E-state index is 10.4. The monoisotopic (exact) mass is 254 g/mol. The van der Waals surface area contributed by atoms with Crippen LogP contribution in [0.1, 0.15) is 0 Å². The summed E-state index contributed by atoms with van der Waals surface area (Å²) in [5.74, 6) is -0.0370. The molecule has 0 saturated heterocycles. The molecule has 18 heavy (non-hydrogen) atoms. The molecule has 0 aliphatic carbocycles. The van der Waals surface area contributed by atoms with E-state index in [9.17, 15) is 9.59 Å². The Hall–Kier alpha value is -3.04. The van der Waals surface area contributed by atoms with Crippen molar-refractivity contribution >= 4 is 11.6 Å². The molecule has 2 heterocycles. The molecule has 0 spiro atoms. The SMILES string of the molecule is Nc1ccnc(=O)n1O.Nc1ccnc(=O)n1O. The zero-order valence-electron chi connectivity index (χ0n) is 8.96. The summed E-state index contributed by atoms with van der Waals surface area (Å²) in [6.07, 6.45) is 2.45. The summed E-state index contributed by atoms with van der Waals surface area (Å²) in [5.41, 5.74) is 8.65. The highest BCUT2D eigenvalue weighted by molar-refractivity contribution is 5.24. The van der Waals surface area contributed by atoms with E-state index in [-0.39, 0.29) is 21.1 Å². The lowest BCUT2D eigenvalue weighted by atomic mass is 10.6. The molecule has 0 bridgehead atoms. The van der Waals surface area contributed by atoms with Gasteiger partial charge < -0.3 is 21.9 Å². The number of aromatic nitrogens is 4. The van der Waals surface area contributed by atoms with Crippen LogP contribution >= 0.6 is 0 Å². The fraction of sp³-hybridized carbons (Fsp3) is 0. The predicted octanol–water partition coefficient (Wildman–Crippen LogP) is -1.87. The molecule has 6 N–H and O–H groups in total. The lowest BCUT2D eigenvalue weighted by molar-refractivity contribution is 0.176. The van der Waals surface area contributed by atoms with Gasteiger partial charge in [-0.2, -0.15) is 9.97 Å². The average Bonchev–Trinajstić information content (AvgIpc) is 2.34. The highest BCUT2D eigenvalue weighted by atomic mass is 16.5. The highest BCUT2D eigenvalue weighted by Gasteiger charge is 1.94. The van der Waals surface area contributed by atoms with Gasteiger partial charge in [0.1, 0.15) is 11.6 Å². The Morgan fingerprint density at radius 3 is 1.44 bits per heavy atom. The standard InChI is InChI=1S/2C4H5N3O2/c2*5-3-1-2-6-4(8)7(3)9/h2*1-2,9H,5H2. The minimum absolute atomic E-state index is 0.0185. The number of anilines is 2. The third-order valence-electron chi connectivity index (χ3n) is 1.71. The third-order valence-corrected chi connectivity index (χ3v) is 1.71. The molecule has 0 aliphatic heterocycles. The largest absolute Gasteiger partial charge is 0.422 e. The molecule has 10 nitrogen and oxygen atoms in total. The van der Waals surface area contributed by atoms with Crippen molar-refractivity contribution in [2.45, 2.75) is 0 Å². The number of nitrogens with two attached hydrogens (primary N) is 2. The van der Waals surface area contributed by atoms with E-state index in [1.807, 2.05) is 0 Å². The molecule has 0 fully saturated rings. The van der Waals surface area contributed by atoms with Crippen LogP contribution in [0.5, 0.6) is 0 Å². The molecule has 0 aromatic carbocycles. The highest BCUT2D eigenvalue weighted by Crippen LogP contribution is 1.89. The summed E-state index contributed by atoms with van der Waals surface area (Å²) in [6.45, 7) is 0. The van der Waals surface area contributed by atoms with Crippen LogP contribution < -0.4 is 22.8 Å². The number of nitrogen functional groups attached to an aromatic ring is 2. The molecule has 0 radical (unpaired) electrons. The van der Waals surface area contributed by atoms with E-state index in [4.69, 9.17) is 21.9 Å². The van der Waals surface area contributed by atoms with Crippen LogP contribution in [0.2, 0.25) is 0 Å². The van der Waals surface area contributed by atoms with E-state index in [1.54, 1.807) is 0 Å². The van der Waals surface area contributed by atoms with Crippen molar-refractivity contribution in [1.29, 1.82) is 0 Å². The maximum Gasteiger partial charge on any atom is 0.382 e. The number of nitrogens with zero attached hydrogens (tertiary/aromatic N) is 4. The van der Waals surface area contributed by atoms with E-state index >= 15 is 0 Å². The Morgan fingerprint density at radius 2 is 1.22 bits per heavy atom. The Labute approximate surface area is 99.3 Å². The topological polar surface area (TPSA) is 162 Å². The zero-order chi connectivity index (χ0) is 13.7. The van der Waals surface area contributed by atoms with Crippen LogP contribution in [0.3, 0.4) is 0 Å². The van der Waals surface area contributed by atoms with Crippen molar-refractivity contribution in [2.24, 2.45) is 0 Å². The van der Waals surface area contributed by atoms with Crippen LogP contribution in [0.15, 0.2) is 34.1 Å². The predicted molar refractivity (Wildman–Crippen MR) is 60.2 cm³/mol. The Morgan fingerprint density at radius 1 is 0.889 bits per heavy atom. The van der Waals surface area contributed by atoms with Gasteiger partial charge in [0.2, 0.25) is 0 Å². The molecular formula is C8H10N6O4. The summed E-state index contributed by atoms with van der Waals surface area (Å²) < 4.78 is 0.556. The van der Waals surface area contributed by atoms with Crippen LogP contribution in [-0.4, -0.2) is 29.8 Å². The van der Waals surface area contributed by atoms with E-state index < -0.39 is 11.4 Å². The van der Waals surface area contributed by atoms with E-state index in [1.165, 1.54) is 24.5 Å². The van der Waals surface area contributed by atoms with Gasteiger partial charge >= 0.3 is 11.4 Å². The molecular weight excluding hydrogens is 244 g/mol. The van der Waals surface area contributed by atoms with Gasteiger partial charge in [0.25, 0.3) is 0 Å². The van der Waals surface area contributed by atoms with Gasteiger partial charge in [-0.05, 0) is 0 Å². The smallest absolute Gasteiger partial charge is 0.382 e. The molecule has 0 aliphatic rings. The minimum atomic E-state index is -0.769. The normalized spacial score (nSPS) is 9.33. The molecule has 2 aromatic heterocycles. The van der Waals surface area contributed by atoms with Crippen molar-refractivity contribution < 1.29 is 10.4 Å². The second-order valence-corrected chi connectivity index (χ2v) is 2.93. The van der Waals surface area contributed by atoms with Gasteiger partial charge in [-0.25, -0.2) is 9.59 Å². The van der Waals surface area contributed by atoms with Gasteiger partial charge in [0.05, 0.1) is 0 Å². The number of hydrogen-bond acceptors (Lipinski definition) is 8. The quantitative estimate of drug-likeness (QED) is 0.397. The molecule has 0 saturated carbocycles. The van der Waals surface area contributed by atoms with Gasteiger partial charge in [-0.3, -0.25) is 0 Å². The molecule has 0 atom stereocenters. The average molecular weight is 254 g/mol. The van der Waals surface area contributed by atoms with Crippen molar-refractivity contribution in [3.8, 4) is 0 Å². The Kier molecular flexibility index (Phi) is 3.86. The van der Waals surface area contributed by atoms with Crippen molar-refractivity contribution in [3.63, 3.8) is 0 Å². The first kappa shape index (κ1) is 13.0. The summed E-state index contributed by atoms with van der Waals surface area (Å²) in [6, 6.07) is 2.64. The van der Waals surface area contributed by atoms with E-state index in [0.717, 1.165) is 0 Å². The van der Waals surface area contributed by atoms with Gasteiger partial charge in [-0.15, -0.1) is 9.46 Å². The van der Waals surface area contributed by atoms with E-state index in [2.05, 4.69) is 9.97 Å². The second kappa shape index (κ2) is 5.34. The molecule has 0 unspecified atom stereocenters. The first-order valence-electron chi connectivity index (χ1n) is 4.49. The van der Waals surface area contributed by atoms with Crippen molar-refractivity contribution in [2.75, 3.05) is 11.5 Å². The summed E-state index contributed by atoms with van der Waals surface area (Å²) in [4.78, 5) is 27.2. The van der Waals surface area contributed by atoms with Crippen LogP contribution in [0, 0.1) is 0 Å². The molecule has 2 rings (SSSR count). The fourth-order valence-electron chi connectivity index (χ4n) is 0.826. The van der Waals surface area contributed by atoms with Crippen LogP contribution in [0.4, 0.5) is 11.6 Å². The fourth-order valence-corrected chi connectivity index (χ4v) is 0.826. The van der Waals surface area contributed by atoms with Gasteiger partial charge in [0, 0.05) is 24.5 Å². The maximum atomic E-state index is 10.4. The molecule has 2 aromatic rings. The first-order valence-corrected chi connectivity index (χ1v) is 4.49. The first-order chi connectivity index (χ1) is 8.43. The van der Waals surface area contributed by atoms with Crippen molar-refractivity contribution in [1.82, 2.24) is 19.4 Å². The number of hydrogen-bond donors (Lipinski definition) is 4. The summed E-state index contributed by atoms with van der Waals surface area (Å²) >= 11 is 0. The van der Waals surface area contributed by atoms with Crippen molar-refractivity contribution in [3.05, 3.63) is 45.5 Å². The molecule has 10 heteroatoms. The lowest BCUT2D eigenvalue weighted by Crippen LogP contribution is -2.22.